The van der Waals surface area contributed by atoms with E-state index in [4.69, 9.17) is 16.9 Å². The highest BCUT2D eigenvalue weighted by Gasteiger charge is 2.47. The van der Waals surface area contributed by atoms with E-state index in [-0.39, 0.29) is 6.61 Å². The second-order valence-electron chi connectivity index (χ2n) is 3.44. The molecule has 0 bridgehead atoms. The van der Waals surface area contributed by atoms with Crippen LogP contribution in [0.25, 0.3) is 0 Å². The van der Waals surface area contributed by atoms with E-state index in [0.717, 1.165) is 6.07 Å². The number of rotatable bonds is 3. The number of hydrogen-bond donors (Lipinski definition) is 0. The molecule has 0 spiro atoms. The number of esters is 1. The zero-order valence-electron chi connectivity index (χ0n) is 9.74. The van der Waals surface area contributed by atoms with E-state index in [0.29, 0.717) is 0 Å². The molecule has 0 heterocycles. The number of ether oxygens (including phenoxy) is 1. The average molecular weight is 314 g/mol. The molecule has 0 fully saturated rings. The van der Waals surface area contributed by atoms with Crippen molar-refractivity contribution in [2.24, 2.45) is 0 Å². The standard InChI is InChI=1S/C11H5ClF5NO2/c1-2-20-10(19)11(12,3-18)4-5(13)7(15)9(17)8(16)6(4)14/h2H2,1H3. The van der Waals surface area contributed by atoms with Gasteiger partial charge in [0, 0.05) is 0 Å². The minimum Gasteiger partial charge on any atom is -0.464 e. The summed E-state index contributed by atoms with van der Waals surface area (Å²) in [6.07, 6.45) is 0. The van der Waals surface area contributed by atoms with Gasteiger partial charge in [-0.15, -0.1) is 0 Å². The molecule has 1 aromatic carbocycles. The third-order valence-corrected chi connectivity index (χ3v) is 2.69. The van der Waals surface area contributed by atoms with Crippen LogP contribution in [0.4, 0.5) is 22.0 Å². The number of benzene rings is 1. The third-order valence-electron chi connectivity index (χ3n) is 2.27. The lowest BCUT2D eigenvalue weighted by Gasteiger charge is -2.19. The first-order valence-corrected chi connectivity index (χ1v) is 5.39. The SMILES string of the molecule is CCOC(=O)C(Cl)(C#N)c1c(F)c(F)c(F)c(F)c1F. The lowest BCUT2D eigenvalue weighted by atomic mass is 9.97. The molecule has 0 aliphatic carbocycles. The van der Waals surface area contributed by atoms with E-state index in [1.165, 1.54) is 6.92 Å². The molecule has 0 saturated carbocycles. The summed E-state index contributed by atoms with van der Waals surface area (Å²) in [6.45, 7) is 0.982. The highest BCUT2D eigenvalue weighted by molar-refractivity contribution is 6.36. The number of nitriles is 1. The molecule has 0 aliphatic rings. The van der Waals surface area contributed by atoms with Gasteiger partial charge in [-0.2, -0.15) is 5.26 Å². The zero-order chi connectivity index (χ0) is 15.7. The summed E-state index contributed by atoms with van der Waals surface area (Å²) in [7, 11) is 0. The maximum Gasteiger partial charge on any atom is 0.346 e. The van der Waals surface area contributed by atoms with Crippen LogP contribution < -0.4 is 0 Å². The van der Waals surface area contributed by atoms with Crippen LogP contribution in [-0.4, -0.2) is 12.6 Å². The molecular formula is C11H5ClF5NO2. The van der Waals surface area contributed by atoms with Gasteiger partial charge < -0.3 is 4.74 Å². The Morgan fingerprint density at radius 2 is 1.55 bits per heavy atom. The smallest absolute Gasteiger partial charge is 0.346 e. The van der Waals surface area contributed by atoms with Crippen LogP contribution in [0.5, 0.6) is 0 Å². The summed E-state index contributed by atoms with van der Waals surface area (Å²) in [5.74, 6) is -13.4. The second kappa shape index (κ2) is 5.63. The first-order valence-electron chi connectivity index (χ1n) is 5.01. The molecule has 20 heavy (non-hydrogen) atoms. The van der Waals surface area contributed by atoms with E-state index in [1.807, 2.05) is 0 Å². The van der Waals surface area contributed by atoms with Gasteiger partial charge in [-0.3, -0.25) is 0 Å². The summed E-state index contributed by atoms with van der Waals surface area (Å²) < 4.78 is 70.3. The Kier molecular flexibility index (Phi) is 4.55. The van der Waals surface area contributed by atoms with Crippen molar-refractivity contribution in [3.05, 3.63) is 34.6 Å². The molecule has 1 atom stereocenters. The number of carbonyl (C=O) groups excluding carboxylic acids is 1. The molecule has 0 radical (unpaired) electrons. The van der Waals surface area contributed by atoms with Crippen LogP contribution >= 0.6 is 11.6 Å². The van der Waals surface area contributed by atoms with Crippen molar-refractivity contribution in [2.45, 2.75) is 11.8 Å². The van der Waals surface area contributed by atoms with Crippen LogP contribution in [0.1, 0.15) is 12.5 Å². The second-order valence-corrected chi connectivity index (χ2v) is 4.00. The van der Waals surface area contributed by atoms with Gasteiger partial charge in [0.2, 0.25) is 5.82 Å². The molecule has 0 N–H and O–H groups in total. The summed E-state index contributed by atoms with van der Waals surface area (Å²) >= 11 is 5.41. The predicted octanol–water partition coefficient (Wildman–Crippen LogP) is 2.90. The molecule has 1 rings (SSSR count). The molecule has 0 aromatic heterocycles. The molecule has 0 amide bonds. The third kappa shape index (κ3) is 2.29. The molecule has 0 aliphatic heterocycles. The molecule has 1 unspecified atom stereocenters. The quantitative estimate of drug-likeness (QED) is 0.283. The Labute approximate surface area is 114 Å². The van der Waals surface area contributed by atoms with E-state index in [9.17, 15) is 26.7 Å². The van der Waals surface area contributed by atoms with Crippen molar-refractivity contribution >= 4 is 17.6 Å². The number of alkyl halides is 1. The number of carbonyl (C=O) groups is 1. The Morgan fingerprint density at radius 1 is 1.15 bits per heavy atom. The minimum atomic E-state index is -3.18. The number of halogens is 6. The number of hydrogen-bond acceptors (Lipinski definition) is 3. The topological polar surface area (TPSA) is 50.1 Å². The largest absolute Gasteiger partial charge is 0.464 e. The van der Waals surface area contributed by atoms with Crippen molar-refractivity contribution in [3.63, 3.8) is 0 Å². The summed E-state index contributed by atoms with van der Waals surface area (Å²) in [5, 5.41) is 8.78. The monoisotopic (exact) mass is 313 g/mol. The molecule has 108 valence electrons. The van der Waals surface area contributed by atoms with Crippen molar-refractivity contribution in [3.8, 4) is 6.07 Å². The predicted molar refractivity (Wildman–Crippen MR) is 56.0 cm³/mol. The fraction of sp³-hybridized carbons (Fsp3) is 0.273. The van der Waals surface area contributed by atoms with E-state index >= 15 is 0 Å². The Hall–Kier alpha value is -1.88. The van der Waals surface area contributed by atoms with Gasteiger partial charge in [0.15, 0.2) is 23.3 Å². The van der Waals surface area contributed by atoms with Crippen LogP contribution in [0.3, 0.4) is 0 Å². The van der Waals surface area contributed by atoms with E-state index in [1.54, 1.807) is 0 Å². The van der Waals surface area contributed by atoms with Gasteiger partial charge in [-0.1, -0.05) is 11.6 Å². The fourth-order valence-corrected chi connectivity index (χ4v) is 1.56. The molecule has 1 aromatic rings. The van der Waals surface area contributed by atoms with E-state index in [2.05, 4.69) is 4.74 Å². The summed E-state index contributed by atoms with van der Waals surface area (Å²) in [4.78, 5) is 8.28. The van der Waals surface area contributed by atoms with Gasteiger partial charge in [0.25, 0.3) is 4.87 Å². The molecular weight excluding hydrogens is 309 g/mol. The maximum absolute atomic E-state index is 13.5. The van der Waals surface area contributed by atoms with E-state index < -0.39 is 45.5 Å². The van der Waals surface area contributed by atoms with Crippen LogP contribution in [0, 0.1) is 40.4 Å². The van der Waals surface area contributed by atoms with Crippen molar-refractivity contribution in [2.75, 3.05) is 6.61 Å². The minimum absolute atomic E-state index is 0.315. The van der Waals surface area contributed by atoms with Crippen LogP contribution in [0.2, 0.25) is 0 Å². The Morgan fingerprint density at radius 3 is 1.90 bits per heavy atom. The average Bonchev–Trinajstić information content (AvgIpc) is 2.43. The fourth-order valence-electron chi connectivity index (χ4n) is 1.34. The lowest BCUT2D eigenvalue weighted by molar-refractivity contribution is -0.145. The maximum atomic E-state index is 13.5. The van der Waals surface area contributed by atoms with Crippen molar-refractivity contribution < 1.29 is 31.5 Å². The van der Waals surface area contributed by atoms with Gasteiger partial charge in [0.1, 0.15) is 6.07 Å². The van der Waals surface area contributed by atoms with Gasteiger partial charge in [-0.25, -0.2) is 26.7 Å². The summed E-state index contributed by atoms with van der Waals surface area (Å²) in [6, 6.07) is 0.990. The number of nitrogens with zero attached hydrogens (tertiary/aromatic N) is 1. The van der Waals surface area contributed by atoms with Crippen molar-refractivity contribution in [1.82, 2.24) is 0 Å². The van der Waals surface area contributed by atoms with Gasteiger partial charge >= 0.3 is 5.97 Å². The Bertz CT molecular complexity index is 587. The first kappa shape index (κ1) is 16.2. The van der Waals surface area contributed by atoms with Crippen molar-refractivity contribution in [1.29, 1.82) is 5.26 Å². The van der Waals surface area contributed by atoms with Crippen LogP contribution in [-0.2, 0) is 14.4 Å². The molecule has 0 saturated heterocycles. The molecule has 9 heteroatoms. The normalized spacial score (nSPS) is 13.5. The first-order chi connectivity index (χ1) is 9.22. The Balaban J connectivity index is 3.69. The molecule has 3 nitrogen and oxygen atoms in total. The van der Waals surface area contributed by atoms with Gasteiger partial charge in [-0.05, 0) is 6.92 Å². The van der Waals surface area contributed by atoms with Gasteiger partial charge in [0.05, 0.1) is 12.2 Å². The zero-order valence-corrected chi connectivity index (χ0v) is 10.5. The summed E-state index contributed by atoms with van der Waals surface area (Å²) in [5.41, 5.74) is -1.77. The lowest BCUT2D eigenvalue weighted by Crippen LogP contribution is -2.33. The van der Waals surface area contributed by atoms with Crippen LogP contribution in [0.15, 0.2) is 0 Å². The highest BCUT2D eigenvalue weighted by atomic mass is 35.5. The highest BCUT2D eigenvalue weighted by Crippen LogP contribution is 2.37.